The Hall–Kier alpha value is -2.59. The maximum absolute atomic E-state index is 11.8. The Morgan fingerprint density at radius 3 is 2.71 bits per heavy atom. The van der Waals surface area contributed by atoms with E-state index in [4.69, 9.17) is 16.9 Å². The fraction of sp³-hybridized carbons (Fsp3) is 0.375. The molecule has 0 atom stereocenters. The first kappa shape index (κ1) is 16.3. The van der Waals surface area contributed by atoms with Crippen molar-refractivity contribution in [1.82, 2.24) is 14.8 Å². The number of hydrogen-bond donors (Lipinski definition) is 1. The van der Waals surface area contributed by atoms with Crippen LogP contribution in [0.15, 0.2) is 29.3 Å². The molecule has 1 N–H and O–H groups in total. The van der Waals surface area contributed by atoms with Gasteiger partial charge < -0.3 is 10.2 Å². The molecule has 0 radical (unpaired) electrons. The second kappa shape index (κ2) is 6.89. The number of nitrogens with one attached hydrogen (secondary N) is 1. The average molecular weight is 345 g/mol. The monoisotopic (exact) mass is 344 g/mol. The van der Waals surface area contributed by atoms with E-state index in [0.29, 0.717) is 11.3 Å². The van der Waals surface area contributed by atoms with E-state index in [1.165, 1.54) is 4.68 Å². The third-order valence-electron chi connectivity index (χ3n) is 4.13. The molecular formula is C16H17ClN6O. The van der Waals surface area contributed by atoms with Gasteiger partial charge in [-0.3, -0.25) is 4.79 Å². The van der Waals surface area contributed by atoms with Crippen molar-refractivity contribution in [2.45, 2.75) is 18.9 Å². The van der Waals surface area contributed by atoms with Crippen molar-refractivity contribution in [3.63, 3.8) is 0 Å². The first-order valence-electron chi connectivity index (χ1n) is 7.68. The molecule has 0 unspecified atom stereocenters. The quantitative estimate of drug-likeness (QED) is 0.913. The van der Waals surface area contributed by atoms with Crippen molar-refractivity contribution < 1.29 is 0 Å². The molecule has 1 saturated heterocycles. The second-order valence-corrected chi connectivity index (χ2v) is 6.10. The Morgan fingerprint density at radius 1 is 1.33 bits per heavy atom. The molecule has 0 spiro atoms. The highest BCUT2D eigenvalue weighted by molar-refractivity contribution is 6.32. The molecule has 1 fully saturated rings. The minimum absolute atomic E-state index is 0.170. The number of aromatic nitrogens is 3. The van der Waals surface area contributed by atoms with Gasteiger partial charge in [0.1, 0.15) is 16.9 Å². The minimum atomic E-state index is -0.305. The predicted molar refractivity (Wildman–Crippen MR) is 92.3 cm³/mol. The van der Waals surface area contributed by atoms with Gasteiger partial charge in [0.25, 0.3) is 5.56 Å². The van der Waals surface area contributed by atoms with Gasteiger partial charge >= 0.3 is 0 Å². The van der Waals surface area contributed by atoms with Gasteiger partial charge in [-0.1, -0.05) is 11.6 Å². The smallest absolute Gasteiger partial charge is 0.287 e. The summed E-state index contributed by atoms with van der Waals surface area (Å²) < 4.78 is 1.21. The zero-order valence-corrected chi connectivity index (χ0v) is 14.0. The van der Waals surface area contributed by atoms with E-state index >= 15 is 0 Å². The summed E-state index contributed by atoms with van der Waals surface area (Å²) in [6.45, 7) is 1.68. The van der Waals surface area contributed by atoms with Crippen LogP contribution in [0.4, 0.5) is 11.5 Å². The van der Waals surface area contributed by atoms with Gasteiger partial charge in [0.15, 0.2) is 0 Å². The fourth-order valence-corrected chi connectivity index (χ4v) is 2.95. The molecule has 124 valence electrons. The van der Waals surface area contributed by atoms with Gasteiger partial charge in [0, 0.05) is 32.4 Å². The van der Waals surface area contributed by atoms with Crippen LogP contribution >= 0.6 is 11.6 Å². The number of nitriles is 1. The summed E-state index contributed by atoms with van der Waals surface area (Å²) in [6.07, 6.45) is 4.96. The van der Waals surface area contributed by atoms with E-state index in [0.717, 1.165) is 31.7 Å². The molecule has 0 aromatic carbocycles. The van der Waals surface area contributed by atoms with E-state index in [2.05, 4.69) is 26.4 Å². The number of halogens is 1. The minimum Gasteiger partial charge on any atom is -0.380 e. The first-order valence-corrected chi connectivity index (χ1v) is 8.05. The third-order valence-corrected chi connectivity index (χ3v) is 4.50. The Kier molecular flexibility index (Phi) is 4.67. The van der Waals surface area contributed by atoms with Crippen LogP contribution in [0.2, 0.25) is 5.02 Å². The number of hydrogen-bond acceptors (Lipinski definition) is 6. The lowest BCUT2D eigenvalue weighted by molar-refractivity contribution is 0.523. The predicted octanol–water partition coefficient (Wildman–Crippen LogP) is 1.78. The number of rotatable bonds is 3. The van der Waals surface area contributed by atoms with Crippen molar-refractivity contribution >= 4 is 23.1 Å². The Balaban J connectivity index is 1.62. The SMILES string of the molecule is Cn1ncc(NC2CCN(c3ccc(C#N)cn3)CC2)c(Cl)c1=O. The zero-order chi connectivity index (χ0) is 17.1. The van der Waals surface area contributed by atoms with Crippen LogP contribution in [-0.4, -0.2) is 33.9 Å². The molecule has 0 amide bonds. The van der Waals surface area contributed by atoms with Crippen molar-refractivity contribution in [3.8, 4) is 6.07 Å². The number of piperidine rings is 1. The summed E-state index contributed by atoms with van der Waals surface area (Å²) in [6, 6.07) is 5.94. The molecule has 1 aliphatic heterocycles. The molecule has 1 aliphatic rings. The lowest BCUT2D eigenvalue weighted by Crippen LogP contribution is -2.39. The molecule has 0 bridgehead atoms. The van der Waals surface area contributed by atoms with Crippen LogP contribution < -0.4 is 15.8 Å². The average Bonchev–Trinajstić information content (AvgIpc) is 2.63. The highest BCUT2D eigenvalue weighted by Gasteiger charge is 2.21. The van der Waals surface area contributed by atoms with Crippen LogP contribution in [0, 0.1) is 11.3 Å². The Morgan fingerprint density at radius 2 is 2.08 bits per heavy atom. The molecular weight excluding hydrogens is 328 g/mol. The number of aryl methyl sites for hydroxylation is 1. The van der Waals surface area contributed by atoms with Gasteiger partial charge in [0.2, 0.25) is 0 Å². The topological polar surface area (TPSA) is 86.8 Å². The van der Waals surface area contributed by atoms with Crippen molar-refractivity contribution in [1.29, 1.82) is 5.26 Å². The summed E-state index contributed by atoms with van der Waals surface area (Å²) in [7, 11) is 1.57. The molecule has 0 aliphatic carbocycles. The summed E-state index contributed by atoms with van der Waals surface area (Å²) in [5.74, 6) is 0.876. The third kappa shape index (κ3) is 3.34. The summed E-state index contributed by atoms with van der Waals surface area (Å²) >= 11 is 6.09. The second-order valence-electron chi connectivity index (χ2n) is 5.72. The highest BCUT2D eigenvalue weighted by atomic mass is 35.5. The van der Waals surface area contributed by atoms with Crippen LogP contribution in [0.25, 0.3) is 0 Å². The van der Waals surface area contributed by atoms with Crippen LogP contribution in [-0.2, 0) is 7.05 Å². The van der Waals surface area contributed by atoms with Crippen molar-refractivity contribution in [2.24, 2.45) is 7.05 Å². The van der Waals surface area contributed by atoms with Gasteiger partial charge in [-0.2, -0.15) is 10.4 Å². The molecule has 8 heteroatoms. The molecule has 3 rings (SSSR count). The Labute approximate surface area is 144 Å². The van der Waals surface area contributed by atoms with Crippen molar-refractivity contribution in [2.75, 3.05) is 23.3 Å². The number of pyridine rings is 1. The molecule has 2 aromatic heterocycles. The van der Waals surface area contributed by atoms with Gasteiger partial charge in [-0.25, -0.2) is 9.67 Å². The van der Waals surface area contributed by atoms with E-state index in [1.807, 2.05) is 6.07 Å². The number of nitrogens with zero attached hydrogens (tertiary/aromatic N) is 5. The van der Waals surface area contributed by atoms with E-state index in [-0.39, 0.29) is 16.6 Å². The summed E-state index contributed by atoms with van der Waals surface area (Å²) in [5, 5.41) is 16.3. The van der Waals surface area contributed by atoms with Crippen LogP contribution in [0.1, 0.15) is 18.4 Å². The van der Waals surface area contributed by atoms with Gasteiger partial charge in [0.05, 0.1) is 17.4 Å². The van der Waals surface area contributed by atoms with Gasteiger partial charge in [-0.15, -0.1) is 0 Å². The van der Waals surface area contributed by atoms with E-state index in [9.17, 15) is 4.79 Å². The molecule has 7 nitrogen and oxygen atoms in total. The lowest BCUT2D eigenvalue weighted by atomic mass is 10.0. The maximum atomic E-state index is 11.8. The normalized spacial score (nSPS) is 15.1. The largest absolute Gasteiger partial charge is 0.380 e. The summed E-state index contributed by atoms with van der Waals surface area (Å²) in [5.41, 5.74) is 0.832. The van der Waals surface area contributed by atoms with Gasteiger partial charge in [-0.05, 0) is 25.0 Å². The molecule has 3 heterocycles. The maximum Gasteiger partial charge on any atom is 0.287 e. The van der Waals surface area contributed by atoms with E-state index < -0.39 is 0 Å². The van der Waals surface area contributed by atoms with Crippen molar-refractivity contribution in [3.05, 3.63) is 45.5 Å². The molecule has 24 heavy (non-hydrogen) atoms. The number of anilines is 2. The summed E-state index contributed by atoms with van der Waals surface area (Å²) in [4.78, 5) is 18.3. The van der Waals surface area contributed by atoms with Crippen LogP contribution in [0.3, 0.4) is 0 Å². The van der Waals surface area contributed by atoms with E-state index in [1.54, 1.807) is 25.5 Å². The molecule has 2 aromatic rings. The highest BCUT2D eigenvalue weighted by Crippen LogP contribution is 2.23. The standard InChI is InChI=1S/C16H17ClN6O/c1-22-16(24)15(17)13(10-20-22)21-12-4-6-23(7-5-12)14-3-2-11(8-18)9-19-14/h2-3,9-10,12,21H,4-7H2,1H3. The zero-order valence-electron chi connectivity index (χ0n) is 13.2. The first-order chi connectivity index (χ1) is 11.6. The lowest BCUT2D eigenvalue weighted by Gasteiger charge is -2.33. The Bertz CT molecular complexity index is 818. The van der Waals surface area contributed by atoms with Crippen LogP contribution in [0.5, 0.6) is 0 Å². The fourth-order valence-electron chi connectivity index (χ4n) is 2.72. The molecule has 0 saturated carbocycles.